The number of hydrogen-bond acceptors (Lipinski definition) is 2. The molecule has 1 aliphatic heterocycles. The van der Waals surface area contributed by atoms with Crippen LogP contribution in [-0.4, -0.2) is 29.8 Å². The molecule has 0 aromatic heterocycles. The average Bonchev–Trinajstić information content (AvgIpc) is 2.65. The first-order valence-electron chi connectivity index (χ1n) is 8.88. The van der Waals surface area contributed by atoms with Gasteiger partial charge < -0.3 is 10.2 Å². The minimum absolute atomic E-state index is 0.0135. The van der Waals surface area contributed by atoms with Crippen LogP contribution in [0.25, 0.3) is 0 Å². The zero-order chi connectivity index (χ0) is 18.7. The van der Waals surface area contributed by atoms with Crippen LogP contribution in [0.3, 0.4) is 0 Å². The maximum absolute atomic E-state index is 13.8. The predicted molar refractivity (Wildman–Crippen MR) is 99.6 cm³/mol. The normalized spacial score (nSPS) is 15.0. The highest BCUT2D eigenvalue weighted by atomic mass is 19.1. The Kier molecular flexibility index (Phi) is 5.35. The molecule has 1 fully saturated rings. The first-order chi connectivity index (χ1) is 12.5. The van der Waals surface area contributed by atoms with Gasteiger partial charge in [0.05, 0.1) is 5.56 Å². The average molecular weight is 354 g/mol. The number of benzene rings is 2. The fourth-order valence-electron chi connectivity index (χ4n) is 3.39. The third-order valence-electron chi connectivity index (χ3n) is 4.99. The van der Waals surface area contributed by atoms with Gasteiger partial charge in [-0.3, -0.25) is 9.59 Å². The Morgan fingerprint density at radius 1 is 1.00 bits per heavy atom. The van der Waals surface area contributed by atoms with Crippen LogP contribution in [0.1, 0.15) is 34.3 Å². The van der Waals surface area contributed by atoms with E-state index in [1.54, 1.807) is 17.0 Å². The summed E-state index contributed by atoms with van der Waals surface area (Å²) in [6, 6.07) is 11.9. The Morgan fingerprint density at radius 2 is 1.62 bits per heavy atom. The van der Waals surface area contributed by atoms with Crippen LogP contribution < -0.4 is 5.32 Å². The molecule has 1 heterocycles. The maximum Gasteiger partial charge on any atom is 0.256 e. The molecular formula is C21H23FN2O2. The van der Waals surface area contributed by atoms with Gasteiger partial charge in [0.2, 0.25) is 5.91 Å². The second kappa shape index (κ2) is 7.68. The lowest BCUT2D eigenvalue weighted by Gasteiger charge is -2.31. The molecule has 1 saturated heterocycles. The second-order valence-electron chi connectivity index (χ2n) is 6.80. The number of para-hydroxylation sites is 1. The Labute approximate surface area is 153 Å². The van der Waals surface area contributed by atoms with E-state index >= 15 is 0 Å². The largest absolute Gasteiger partial charge is 0.339 e. The third kappa shape index (κ3) is 3.77. The molecule has 0 radical (unpaired) electrons. The van der Waals surface area contributed by atoms with Crippen molar-refractivity contribution in [2.24, 2.45) is 5.92 Å². The summed E-state index contributed by atoms with van der Waals surface area (Å²) in [4.78, 5) is 26.7. The van der Waals surface area contributed by atoms with E-state index in [-0.39, 0.29) is 23.3 Å². The molecular weight excluding hydrogens is 331 g/mol. The number of piperidine rings is 1. The van der Waals surface area contributed by atoms with Gasteiger partial charge >= 0.3 is 0 Å². The van der Waals surface area contributed by atoms with Crippen molar-refractivity contribution in [1.82, 2.24) is 4.90 Å². The summed E-state index contributed by atoms with van der Waals surface area (Å²) in [5, 5.41) is 3.03. The minimum atomic E-state index is -0.507. The van der Waals surface area contributed by atoms with Crippen LogP contribution in [0.5, 0.6) is 0 Å². The van der Waals surface area contributed by atoms with Crippen molar-refractivity contribution in [2.75, 3.05) is 18.4 Å². The van der Waals surface area contributed by atoms with Gasteiger partial charge in [0.1, 0.15) is 5.82 Å². The van der Waals surface area contributed by atoms with E-state index < -0.39 is 5.82 Å². The third-order valence-corrected chi connectivity index (χ3v) is 4.99. The number of rotatable bonds is 3. The highest BCUT2D eigenvalue weighted by Crippen LogP contribution is 2.24. The zero-order valence-electron chi connectivity index (χ0n) is 15.1. The number of amides is 2. The van der Waals surface area contributed by atoms with E-state index in [4.69, 9.17) is 0 Å². The van der Waals surface area contributed by atoms with Gasteiger partial charge in [0, 0.05) is 24.7 Å². The van der Waals surface area contributed by atoms with Crippen molar-refractivity contribution in [1.29, 1.82) is 0 Å². The number of hydrogen-bond donors (Lipinski definition) is 1. The Balaban J connectivity index is 1.61. The molecule has 0 spiro atoms. The van der Waals surface area contributed by atoms with Gasteiger partial charge in [-0.25, -0.2) is 4.39 Å². The molecule has 2 aromatic rings. The Morgan fingerprint density at radius 3 is 2.23 bits per heavy atom. The fourth-order valence-corrected chi connectivity index (χ4v) is 3.39. The summed E-state index contributed by atoms with van der Waals surface area (Å²) < 4.78 is 13.8. The van der Waals surface area contributed by atoms with E-state index in [1.165, 1.54) is 12.1 Å². The van der Waals surface area contributed by atoms with Crippen molar-refractivity contribution in [2.45, 2.75) is 26.7 Å². The molecule has 1 N–H and O–H groups in total. The summed E-state index contributed by atoms with van der Waals surface area (Å²) in [5.74, 6) is -0.969. The van der Waals surface area contributed by atoms with Gasteiger partial charge in [0.15, 0.2) is 0 Å². The molecule has 4 nitrogen and oxygen atoms in total. The van der Waals surface area contributed by atoms with Crippen molar-refractivity contribution in [3.63, 3.8) is 0 Å². The van der Waals surface area contributed by atoms with E-state index in [0.29, 0.717) is 25.9 Å². The maximum atomic E-state index is 13.8. The summed E-state index contributed by atoms with van der Waals surface area (Å²) in [7, 11) is 0. The van der Waals surface area contributed by atoms with E-state index in [2.05, 4.69) is 5.32 Å². The molecule has 0 unspecified atom stereocenters. The van der Waals surface area contributed by atoms with Crippen molar-refractivity contribution >= 4 is 17.5 Å². The van der Waals surface area contributed by atoms with Crippen LogP contribution in [0.4, 0.5) is 10.1 Å². The first-order valence-corrected chi connectivity index (χ1v) is 8.88. The molecule has 3 rings (SSSR count). The van der Waals surface area contributed by atoms with Crippen LogP contribution >= 0.6 is 0 Å². The molecule has 2 amide bonds. The lowest BCUT2D eigenvalue weighted by Crippen LogP contribution is -2.41. The number of carbonyl (C=O) groups is 2. The zero-order valence-corrected chi connectivity index (χ0v) is 15.1. The lowest BCUT2D eigenvalue weighted by molar-refractivity contribution is -0.121. The number of nitrogens with one attached hydrogen (secondary N) is 1. The highest BCUT2D eigenvalue weighted by molar-refractivity contribution is 5.96. The number of nitrogens with zero attached hydrogens (tertiary/aromatic N) is 1. The van der Waals surface area contributed by atoms with Gasteiger partial charge in [-0.05, 0) is 49.9 Å². The summed E-state index contributed by atoms with van der Waals surface area (Å²) >= 11 is 0. The van der Waals surface area contributed by atoms with Crippen LogP contribution in [0.15, 0.2) is 42.5 Å². The Bertz CT molecular complexity index is 806. The summed E-state index contributed by atoms with van der Waals surface area (Å²) in [6.07, 6.45) is 1.16. The summed E-state index contributed by atoms with van der Waals surface area (Å²) in [6.45, 7) is 4.85. The number of aryl methyl sites for hydroxylation is 2. The number of carbonyl (C=O) groups excluding carboxylic acids is 2. The molecule has 1 aliphatic rings. The van der Waals surface area contributed by atoms with Crippen LogP contribution in [0, 0.1) is 25.6 Å². The monoisotopic (exact) mass is 354 g/mol. The molecule has 2 aromatic carbocycles. The minimum Gasteiger partial charge on any atom is -0.339 e. The molecule has 136 valence electrons. The van der Waals surface area contributed by atoms with Crippen molar-refractivity contribution in [3.8, 4) is 0 Å². The van der Waals surface area contributed by atoms with Gasteiger partial charge in [-0.1, -0.05) is 30.3 Å². The number of halogens is 1. The van der Waals surface area contributed by atoms with Gasteiger partial charge in [-0.15, -0.1) is 0 Å². The molecule has 26 heavy (non-hydrogen) atoms. The highest BCUT2D eigenvalue weighted by Gasteiger charge is 2.29. The van der Waals surface area contributed by atoms with Crippen LogP contribution in [0.2, 0.25) is 0 Å². The van der Waals surface area contributed by atoms with Gasteiger partial charge in [0.25, 0.3) is 5.91 Å². The van der Waals surface area contributed by atoms with E-state index in [1.807, 2.05) is 32.0 Å². The first kappa shape index (κ1) is 18.1. The molecule has 5 heteroatoms. The predicted octanol–water partition coefficient (Wildman–Crippen LogP) is 3.93. The quantitative estimate of drug-likeness (QED) is 0.908. The van der Waals surface area contributed by atoms with Crippen molar-refractivity contribution in [3.05, 3.63) is 65.0 Å². The topological polar surface area (TPSA) is 49.4 Å². The van der Waals surface area contributed by atoms with E-state index in [9.17, 15) is 14.0 Å². The van der Waals surface area contributed by atoms with Crippen molar-refractivity contribution < 1.29 is 14.0 Å². The molecule has 0 atom stereocenters. The summed E-state index contributed by atoms with van der Waals surface area (Å²) in [5.41, 5.74) is 3.02. The molecule has 0 aliphatic carbocycles. The standard InChI is InChI=1S/C21H23FN2O2/c1-14-6-5-7-15(2)19(14)23-20(25)16-10-12-24(13-11-16)21(26)17-8-3-4-9-18(17)22/h3-9,16H,10-13H2,1-2H3,(H,23,25). The van der Waals surface area contributed by atoms with Crippen LogP contribution in [-0.2, 0) is 4.79 Å². The second-order valence-corrected chi connectivity index (χ2v) is 6.80. The molecule has 0 saturated carbocycles. The molecule has 0 bridgehead atoms. The van der Waals surface area contributed by atoms with E-state index in [0.717, 1.165) is 16.8 Å². The smallest absolute Gasteiger partial charge is 0.256 e. The number of anilines is 1. The van der Waals surface area contributed by atoms with Gasteiger partial charge in [-0.2, -0.15) is 0 Å². The number of likely N-dealkylation sites (tertiary alicyclic amines) is 1. The lowest BCUT2D eigenvalue weighted by atomic mass is 9.95. The fraction of sp³-hybridized carbons (Fsp3) is 0.333. The SMILES string of the molecule is Cc1cccc(C)c1NC(=O)C1CCN(C(=O)c2ccccc2F)CC1. The Hall–Kier alpha value is -2.69.